The molecule has 0 aromatic heterocycles. The number of nitrogens with zero attached hydrogens (tertiary/aromatic N) is 1. The first-order chi connectivity index (χ1) is 13.1. The Kier molecular flexibility index (Phi) is 4.72. The van der Waals surface area contributed by atoms with E-state index in [-0.39, 0.29) is 25.0 Å². The standard InChI is InChI=1S/C19H16BrN3O4/c20-13-2-4-14(5-3-13)23-18(24)8-6-15(22-23)19(25)21-10-12-1-7-16-17(9-12)27-11-26-16/h1-7,9,22H,8,10-11H2,(H,21,25). The van der Waals surface area contributed by atoms with Crippen LogP contribution in [0.5, 0.6) is 11.5 Å². The van der Waals surface area contributed by atoms with E-state index < -0.39 is 0 Å². The zero-order valence-electron chi connectivity index (χ0n) is 14.2. The number of anilines is 1. The fourth-order valence-corrected chi connectivity index (χ4v) is 3.04. The molecule has 138 valence electrons. The molecule has 0 aliphatic carbocycles. The lowest BCUT2D eigenvalue weighted by Gasteiger charge is -2.28. The van der Waals surface area contributed by atoms with Crippen LogP contribution in [0.25, 0.3) is 0 Å². The summed E-state index contributed by atoms with van der Waals surface area (Å²) in [6, 6.07) is 12.8. The Morgan fingerprint density at radius 2 is 1.93 bits per heavy atom. The molecule has 2 aliphatic rings. The second-order valence-corrected chi connectivity index (χ2v) is 6.93. The molecule has 2 aliphatic heterocycles. The molecule has 0 radical (unpaired) electrons. The average Bonchev–Trinajstić information content (AvgIpc) is 3.15. The first kappa shape index (κ1) is 17.4. The van der Waals surface area contributed by atoms with Crippen molar-refractivity contribution in [1.82, 2.24) is 10.7 Å². The van der Waals surface area contributed by atoms with E-state index in [1.165, 1.54) is 5.01 Å². The van der Waals surface area contributed by atoms with E-state index in [9.17, 15) is 9.59 Å². The van der Waals surface area contributed by atoms with Gasteiger partial charge in [-0.25, -0.2) is 5.01 Å². The molecular weight excluding hydrogens is 414 g/mol. The monoisotopic (exact) mass is 429 g/mol. The van der Waals surface area contributed by atoms with Gasteiger partial charge in [-0.2, -0.15) is 0 Å². The first-order valence-electron chi connectivity index (χ1n) is 8.32. The lowest BCUT2D eigenvalue weighted by atomic mass is 10.2. The second-order valence-electron chi connectivity index (χ2n) is 6.01. The van der Waals surface area contributed by atoms with Crippen molar-refractivity contribution in [1.29, 1.82) is 0 Å². The quantitative estimate of drug-likeness (QED) is 0.780. The Morgan fingerprint density at radius 1 is 1.15 bits per heavy atom. The SMILES string of the molecule is O=C(NCc1ccc2c(c1)OCO2)C1=CCC(=O)N(c2ccc(Br)cc2)N1. The average molecular weight is 430 g/mol. The Balaban J connectivity index is 1.41. The van der Waals surface area contributed by atoms with Crippen LogP contribution in [-0.2, 0) is 16.1 Å². The van der Waals surface area contributed by atoms with E-state index in [0.717, 1.165) is 10.0 Å². The summed E-state index contributed by atoms with van der Waals surface area (Å²) in [5.74, 6) is 0.945. The molecule has 7 nitrogen and oxygen atoms in total. The minimum Gasteiger partial charge on any atom is -0.454 e. The lowest BCUT2D eigenvalue weighted by molar-refractivity contribution is -0.120. The van der Waals surface area contributed by atoms with Gasteiger partial charge in [0.05, 0.1) is 5.69 Å². The lowest BCUT2D eigenvalue weighted by Crippen LogP contribution is -2.48. The second kappa shape index (κ2) is 7.32. The van der Waals surface area contributed by atoms with Crippen LogP contribution in [0.15, 0.2) is 58.7 Å². The number of fused-ring (bicyclic) bond motifs is 1. The van der Waals surface area contributed by atoms with Crippen LogP contribution >= 0.6 is 15.9 Å². The maximum atomic E-state index is 12.5. The molecule has 2 N–H and O–H groups in total. The van der Waals surface area contributed by atoms with Gasteiger partial charge in [-0.05, 0) is 48.0 Å². The molecule has 0 atom stereocenters. The molecule has 2 aromatic carbocycles. The van der Waals surface area contributed by atoms with Gasteiger partial charge < -0.3 is 14.8 Å². The Morgan fingerprint density at radius 3 is 2.74 bits per heavy atom. The third kappa shape index (κ3) is 3.75. The summed E-state index contributed by atoms with van der Waals surface area (Å²) < 4.78 is 11.5. The van der Waals surface area contributed by atoms with Crippen LogP contribution < -0.4 is 25.2 Å². The van der Waals surface area contributed by atoms with E-state index in [4.69, 9.17) is 9.47 Å². The fraction of sp³-hybridized carbons (Fsp3) is 0.158. The normalized spacial score (nSPS) is 15.2. The third-order valence-corrected chi connectivity index (χ3v) is 4.71. The molecule has 2 aromatic rings. The molecule has 0 unspecified atom stereocenters. The van der Waals surface area contributed by atoms with Crippen LogP contribution in [0.1, 0.15) is 12.0 Å². The maximum absolute atomic E-state index is 12.5. The van der Waals surface area contributed by atoms with Crippen molar-refractivity contribution in [2.24, 2.45) is 0 Å². The predicted molar refractivity (Wildman–Crippen MR) is 102 cm³/mol. The molecule has 0 fully saturated rings. The summed E-state index contributed by atoms with van der Waals surface area (Å²) >= 11 is 3.36. The van der Waals surface area contributed by atoms with Gasteiger partial charge in [-0.3, -0.25) is 15.0 Å². The number of benzene rings is 2. The third-order valence-electron chi connectivity index (χ3n) is 4.18. The number of carbonyl (C=O) groups excluding carboxylic acids is 2. The number of amides is 2. The van der Waals surface area contributed by atoms with Gasteiger partial charge in [0.25, 0.3) is 5.91 Å². The van der Waals surface area contributed by atoms with Gasteiger partial charge in [0.1, 0.15) is 5.70 Å². The molecule has 2 amide bonds. The van der Waals surface area contributed by atoms with Gasteiger partial charge in [-0.15, -0.1) is 0 Å². The molecule has 2 heterocycles. The van der Waals surface area contributed by atoms with E-state index in [0.29, 0.717) is 29.4 Å². The molecule has 0 bridgehead atoms. The number of ether oxygens (including phenoxy) is 2. The zero-order valence-corrected chi connectivity index (χ0v) is 15.8. The van der Waals surface area contributed by atoms with E-state index in [1.54, 1.807) is 18.2 Å². The van der Waals surface area contributed by atoms with Crippen molar-refractivity contribution >= 4 is 33.4 Å². The van der Waals surface area contributed by atoms with Crippen LogP contribution in [0.2, 0.25) is 0 Å². The Bertz CT molecular complexity index is 927. The summed E-state index contributed by atoms with van der Waals surface area (Å²) in [6.07, 6.45) is 1.74. The van der Waals surface area contributed by atoms with E-state index in [2.05, 4.69) is 26.7 Å². The Hall–Kier alpha value is -3.00. The molecule has 4 rings (SSSR count). The smallest absolute Gasteiger partial charge is 0.269 e. The van der Waals surface area contributed by atoms with Crippen molar-refractivity contribution in [3.63, 3.8) is 0 Å². The molecule has 27 heavy (non-hydrogen) atoms. The predicted octanol–water partition coefficient (Wildman–Crippen LogP) is 2.62. The highest BCUT2D eigenvalue weighted by Crippen LogP contribution is 2.32. The van der Waals surface area contributed by atoms with Crippen LogP contribution in [0.3, 0.4) is 0 Å². The number of rotatable bonds is 4. The first-order valence-corrected chi connectivity index (χ1v) is 9.11. The largest absolute Gasteiger partial charge is 0.454 e. The summed E-state index contributed by atoms with van der Waals surface area (Å²) in [5.41, 5.74) is 4.78. The van der Waals surface area contributed by atoms with Gasteiger partial charge in [0, 0.05) is 17.4 Å². The fourth-order valence-electron chi connectivity index (χ4n) is 2.78. The van der Waals surface area contributed by atoms with Crippen molar-refractivity contribution in [3.8, 4) is 11.5 Å². The minimum atomic E-state index is -0.290. The summed E-state index contributed by atoms with van der Waals surface area (Å²) in [6.45, 7) is 0.544. The molecule has 0 saturated heterocycles. The van der Waals surface area contributed by atoms with Crippen molar-refractivity contribution < 1.29 is 19.1 Å². The molecule has 8 heteroatoms. The molecule has 0 spiro atoms. The van der Waals surface area contributed by atoms with Crippen LogP contribution in [0.4, 0.5) is 5.69 Å². The van der Waals surface area contributed by atoms with Crippen LogP contribution in [0, 0.1) is 0 Å². The van der Waals surface area contributed by atoms with Gasteiger partial charge >= 0.3 is 0 Å². The number of hydrogen-bond donors (Lipinski definition) is 2. The number of carbonyl (C=O) groups is 2. The van der Waals surface area contributed by atoms with E-state index >= 15 is 0 Å². The summed E-state index contributed by atoms with van der Waals surface area (Å²) in [7, 11) is 0. The van der Waals surface area contributed by atoms with Gasteiger partial charge in [0.2, 0.25) is 12.7 Å². The van der Waals surface area contributed by atoms with Gasteiger partial charge in [-0.1, -0.05) is 22.0 Å². The van der Waals surface area contributed by atoms with Crippen molar-refractivity contribution in [2.75, 3.05) is 11.8 Å². The topological polar surface area (TPSA) is 79.9 Å². The highest BCUT2D eigenvalue weighted by Gasteiger charge is 2.24. The highest BCUT2D eigenvalue weighted by atomic mass is 79.9. The van der Waals surface area contributed by atoms with Gasteiger partial charge in [0.15, 0.2) is 11.5 Å². The maximum Gasteiger partial charge on any atom is 0.269 e. The van der Waals surface area contributed by atoms with Crippen molar-refractivity contribution in [2.45, 2.75) is 13.0 Å². The summed E-state index contributed by atoms with van der Waals surface area (Å²) in [5, 5.41) is 4.22. The van der Waals surface area contributed by atoms with E-state index in [1.807, 2.05) is 30.3 Å². The summed E-state index contributed by atoms with van der Waals surface area (Å²) in [4.78, 5) is 24.7. The van der Waals surface area contributed by atoms with Crippen molar-refractivity contribution in [3.05, 3.63) is 64.3 Å². The number of nitrogens with one attached hydrogen (secondary N) is 2. The zero-order chi connectivity index (χ0) is 18.8. The number of hydrazine groups is 1. The number of hydrogen-bond acceptors (Lipinski definition) is 5. The Labute approximate surface area is 164 Å². The highest BCUT2D eigenvalue weighted by molar-refractivity contribution is 9.10. The molecular formula is C19H16BrN3O4. The minimum absolute atomic E-state index is 0.135. The number of halogens is 1. The van der Waals surface area contributed by atoms with Crippen LogP contribution in [-0.4, -0.2) is 18.6 Å². The molecule has 0 saturated carbocycles.